The van der Waals surface area contributed by atoms with Crippen molar-refractivity contribution in [2.45, 2.75) is 13.3 Å². The van der Waals surface area contributed by atoms with Gasteiger partial charge in [-0.1, -0.05) is 23.2 Å². The van der Waals surface area contributed by atoms with Gasteiger partial charge in [-0.25, -0.2) is 0 Å². The standard InChI is InChI=1S/C22H23Cl2N3O2/c1-13-9-14(25)10-20-17(13)11-15(26(20)2)12-18-19(23)4-3-16(21(18)24)22(28)27-5-7-29-8-6-27/h3-4,9-11H,5-8,12,25H2,1-2H3. The summed E-state index contributed by atoms with van der Waals surface area (Å²) in [6, 6.07) is 9.52. The van der Waals surface area contributed by atoms with Gasteiger partial charge in [0.05, 0.1) is 29.3 Å². The molecule has 3 aromatic rings. The average Bonchev–Trinajstić information content (AvgIpc) is 3.01. The number of hydrogen-bond donors (Lipinski definition) is 1. The van der Waals surface area contributed by atoms with Gasteiger partial charge in [0.1, 0.15) is 0 Å². The van der Waals surface area contributed by atoms with Crippen LogP contribution in [0.5, 0.6) is 0 Å². The number of aromatic nitrogens is 1. The summed E-state index contributed by atoms with van der Waals surface area (Å²) in [6.07, 6.45) is 0.520. The summed E-state index contributed by atoms with van der Waals surface area (Å²) in [5, 5.41) is 2.11. The zero-order valence-electron chi connectivity index (χ0n) is 16.5. The largest absolute Gasteiger partial charge is 0.399 e. The molecule has 1 aromatic heterocycles. The number of ether oxygens (including phenoxy) is 1. The highest BCUT2D eigenvalue weighted by atomic mass is 35.5. The Hall–Kier alpha value is -2.21. The molecule has 2 N–H and O–H groups in total. The van der Waals surface area contributed by atoms with Crippen LogP contribution in [-0.2, 0) is 18.2 Å². The molecule has 1 aliphatic heterocycles. The number of nitrogen functional groups attached to an aromatic ring is 1. The molecule has 2 aromatic carbocycles. The molecule has 1 fully saturated rings. The molecule has 5 nitrogen and oxygen atoms in total. The Balaban J connectivity index is 1.72. The molecule has 0 bridgehead atoms. The molecule has 4 rings (SSSR count). The number of morpholine rings is 1. The number of carbonyl (C=O) groups is 1. The lowest BCUT2D eigenvalue weighted by Crippen LogP contribution is -2.40. The van der Waals surface area contributed by atoms with Crippen LogP contribution in [0.2, 0.25) is 10.0 Å². The monoisotopic (exact) mass is 431 g/mol. The Bertz CT molecular complexity index is 1100. The minimum Gasteiger partial charge on any atom is -0.399 e. The molecular weight excluding hydrogens is 409 g/mol. The first-order valence-electron chi connectivity index (χ1n) is 9.55. The topological polar surface area (TPSA) is 60.5 Å². The number of halogens is 2. The van der Waals surface area contributed by atoms with Crippen molar-refractivity contribution in [3.63, 3.8) is 0 Å². The molecule has 1 aliphatic rings. The minimum absolute atomic E-state index is 0.0862. The van der Waals surface area contributed by atoms with Crippen LogP contribution in [0.15, 0.2) is 30.3 Å². The zero-order chi connectivity index (χ0) is 20.7. The molecule has 0 unspecified atom stereocenters. The van der Waals surface area contributed by atoms with Crippen molar-refractivity contribution >= 4 is 45.7 Å². The van der Waals surface area contributed by atoms with Gasteiger partial charge in [0, 0.05) is 48.3 Å². The predicted octanol–water partition coefficient (Wildman–Crippen LogP) is 4.44. The molecule has 2 heterocycles. The third-order valence-corrected chi connectivity index (χ3v) is 6.35. The number of amides is 1. The average molecular weight is 432 g/mol. The predicted molar refractivity (Wildman–Crippen MR) is 118 cm³/mol. The van der Waals surface area contributed by atoms with E-state index in [0.29, 0.717) is 48.3 Å². The number of nitrogens with zero attached hydrogens (tertiary/aromatic N) is 2. The van der Waals surface area contributed by atoms with E-state index >= 15 is 0 Å². The molecule has 0 spiro atoms. The number of hydrogen-bond acceptors (Lipinski definition) is 3. The van der Waals surface area contributed by atoms with E-state index in [2.05, 4.69) is 10.6 Å². The van der Waals surface area contributed by atoms with Crippen LogP contribution in [0.3, 0.4) is 0 Å². The highest BCUT2D eigenvalue weighted by Gasteiger charge is 2.23. The number of fused-ring (bicyclic) bond motifs is 1. The van der Waals surface area contributed by atoms with Crippen molar-refractivity contribution < 1.29 is 9.53 Å². The number of nitrogens with two attached hydrogens (primary N) is 1. The number of anilines is 1. The number of benzene rings is 2. The molecule has 152 valence electrons. The third-order valence-electron chi connectivity index (χ3n) is 5.56. The molecule has 1 amide bonds. The summed E-state index contributed by atoms with van der Waals surface area (Å²) in [5.41, 5.74) is 11.2. The van der Waals surface area contributed by atoms with Crippen molar-refractivity contribution in [2.24, 2.45) is 7.05 Å². The van der Waals surface area contributed by atoms with E-state index in [1.807, 2.05) is 26.1 Å². The second-order valence-electron chi connectivity index (χ2n) is 7.43. The molecule has 1 saturated heterocycles. The van der Waals surface area contributed by atoms with Crippen molar-refractivity contribution in [3.05, 3.63) is 62.8 Å². The maximum Gasteiger partial charge on any atom is 0.255 e. The number of carbonyl (C=O) groups excluding carboxylic acids is 1. The lowest BCUT2D eigenvalue weighted by molar-refractivity contribution is 0.0303. The highest BCUT2D eigenvalue weighted by Crippen LogP contribution is 2.33. The highest BCUT2D eigenvalue weighted by molar-refractivity contribution is 6.38. The van der Waals surface area contributed by atoms with E-state index in [4.69, 9.17) is 33.7 Å². The molecule has 0 aliphatic carbocycles. The summed E-state index contributed by atoms with van der Waals surface area (Å²) in [7, 11) is 2.00. The second kappa shape index (κ2) is 7.90. The molecule has 0 atom stereocenters. The minimum atomic E-state index is -0.0862. The Morgan fingerprint density at radius 3 is 2.62 bits per heavy atom. The van der Waals surface area contributed by atoms with Crippen molar-refractivity contribution in [1.82, 2.24) is 9.47 Å². The maximum absolute atomic E-state index is 13.0. The first-order valence-corrected chi connectivity index (χ1v) is 10.3. The van der Waals surface area contributed by atoms with Crippen molar-refractivity contribution in [1.29, 1.82) is 0 Å². The van der Waals surface area contributed by atoms with Gasteiger partial charge in [0.25, 0.3) is 5.91 Å². The van der Waals surface area contributed by atoms with Crippen LogP contribution in [0.1, 0.15) is 27.2 Å². The van der Waals surface area contributed by atoms with Gasteiger partial charge < -0.3 is 19.9 Å². The summed E-state index contributed by atoms with van der Waals surface area (Å²) in [4.78, 5) is 14.7. The lowest BCUT2D eigenvalue weighted by atomic mass is 10.0. The van der Waals surface area contributed by atoms with Crippen LogP contribution in [0, 0.1) is 6.92 Å². The van der Waals surface area contributed by atoms with Gasteiger partial charge in [-0.05, 0) is 48.4 Å². The normalized spacial score (nSPS) is 14.6. The summed E-state index contributed by atoms with van der Waals surface area (Å²) < 4.78 is 7.44. The van der Waals surface area contributed by atoms with E-state index in [1.165, 1.54) is 0 Å². The summed E-state index contributed by atoms with van der Waals surface area (Å²) in [6.45, 7) is 4.27. The van der Waals surface area contributed by atoms with E-state index in [9.17, 15) is 4.79 Å². The van der Waals surface area contributed by atoms with Crippen LogP contribution in [0.25, 0.3) is 10.9 Å². The first kappa shape index (κ1) is 20.1. The van der Waals surface area contributed by atoms with Gasteiger partial charge in [-0.2, -0.15) is 0 Å². The van der Waals surface area contributed by atoms with Gasteiger partial charge in [-0.15, -0.1) is 0 Å². The van der Waals surface area contributed by atoms with Crippen LogP contribution < -0.4 is 5.73 Å². The Labute approximate surface area is 179 Å². The van der Waals surface area contributed by atoms with Gasteiger partial charge >= 0.3 is 0 Å². The molecular formula is C22H23Cl2N3O2. The first-order chi connectivity index (χ1) is 13.9. The third kappa shape index (κ3) is 3.70. The Kier molecular flexibility index (Phi) is 5.47. The van der Waals surface area contributed by atoms with Crippen LogP contribution in [-0.4, -0.2) is 41.7 Å². The van der Waals surface area contributed by atoms with Crippen molar-refractivity contribution in [2.75, 3.05) is 32.0 Å². The molecule has 29 heavy (non-hydrogen) atoms. The van der Waals surface area contributed by atoms with Crippen LogP contribution in [0.4, 0.5) is 5.69 Å². The fraction of sp³-hybridized carbons (Fsp3) is 0.318. The van der Waals surface area contributed by atoms with E-state index in [1.54, 1.807) is 17.0 Å². The fourth-order valence-corrected chi connectivity index (χ4v) is 4.49. The molecule has 0 saturated carbocycles. The Morgan fingerprint density at radius 2 is 1.90 bits per heavy atom. The van der Waals surface area contributed by atoms with E-state index in [0.717, 1.165) is 33.4 Å². The van der Waals surface area contributed by atoms with Gasteiger partial charge in [-0.3, -0.25) is 4.79 Å². The quantitative estimate of drug-likeness (QED) is 0.623. The van der Waals surface area contributed by atoms with Gasteiger partial charge in [0.15, 0.2) is 0 Å². The lowest BCUT2D eigenvalue weighted by Gasteiger charge is -2.27. The molecule has 7 heteroatoms. The summed E-state index contributed by atoms with van der Waals surface area (Å²) in [5.74, 6) is -0.0862. The number of rotatable bonds is 3. The number of aryl methyl sites for hydroxylation is 2. The van der Waals surface area contributed by atoms with Crippen LogP contribution >= 0.6 is 23.2 Å². The summed E-state index contributed by atoms with van der Waals surface area (Å²) >= 11 is 13.2. The molecule has 0 radical (unpaired) electrons. The zero-order valence-corrected chi connectivity index (χ0v) is 18.0. The van der Waals surface area contributed by atoms with E-state index < -0.39 is 0 Å². The van der Waals surface area contributed by atoms with Crippen molar-refractivity contribution in [3.8, 4) is 0 Å². The fourth-order valence-electron chi connectivity index (χ4n) is 3.90. The van der Waals surface area contributed by atoms with Gasteiger partial charge in [0.2, 0.25) is 0 Å². The SMILES string of the molecule is Cc1cc(N)cc2c1cc(Cc1c(Cl)ccc(C(=O)N3CCOCC3)c1Cl)n2C. The smallest absolute Gasteiger partial charge is 0.255 e. The Morgan fingerprint density at radius 1 is 1.17 bits per heavy atom. The van der Waals surface area contributed by atoms with E-state index in [-0.39, 0.29) is 5.91 Å². The second-order valence-corrected chi connectivity index (χ2v) is 8.22. The maximum atomic E-state index is 13.0.